The van der Waals surface area contributed by atoms with E-state index >= 15 is 0 Å². The Balaban J connectivity index is 2.15. The minimum Gasteiger partial charge on any atom is -0.396 e. The van der Waals surface area contributed by atoms with Crippen LogP contribution in [0.15, 0.2) is 30.5 Å². The molecular formula is C14H17ClN4O. The normalized spacial score (nSPS) is 12.2. The summed E-state index contributed by atoms with van der Waals surface area (Å²) in [5.74, 6) is -0.232. The van der Waals surface area contributed by atoms with Crippen LogP contribution in [0.2, 0.25) is 5.02 Å². The van der Waals surface area contributed by atoms with Crippen LogP contribution >= 0.6 is 11.6 Å². The van der Waals surface area contributed by atoms with Crippen LogP contribution in [0.4, 0.5) is 5.69 Å². The summed E-state index contributed by atoms with van der Waals surface area (Å²) in [6.45, 7) is 4.41. The Bertz CT molecular complexity index is 606. The first kappa shape index (κ1) is 14.4. The molecule has 0 saturated carbocycles. The predicted octanol–water partition coefficient (Wildman–Crippen LogP) is 2.63. The van der Waals surface area contributed by atoms with E-state index in [1.807, 2.05) is 26.0 Å². The van der Waals surface area contributed by atoms with Gasteiger partial charge in [-0.2, -0.15) is 5.10 Å². The molecule has 1 unspecified atom stereocenters. The van der Waals surface area contributed by atoms with Crippen LogP contribution in [0, 0.1) is 0 Å². The number of hydrogen-bond acceptors (Lipinski definition) is 3. The summed E-state index contributed by atoms with van der Waals surface area (Å²) in [5.41, 5.74) is 7.55. The number of aryl methyl sites for hydroxylation is 1. The average Bonchev–Trinajstić information content (AvgIpc) is 2.80. The second-order valence-corrected chi connectivity index (χ2v) is 4.95. The number of anilines is 1. The Kier molecular flexibility index (Phi) is 4.29. The van der Waals surface area contributed by atoms with Gasteiger partial charge in [0.25, 0.3) is 5.91 Å². The first-order valence-corrected chi connectivity index (χ1v) is 6.78. The molecule has 5 nitrogen and oxygen atoms in total. The maximum atomic E-state index is 12.3. The number of carbonyl (C=O) groups is 1. The minimum atomic E-state index is -0.232. The van der Waals surface area contributed by atoms with Gasteiger partial charge in [0.1, 0.15) is 5.69 Å². The highest BCUT2D eigenvalue weighted by Gasteiger charge is 2.18. The van der Waals surface area contributed by atoms with Crippen molar-refractivity contribution >= 4 is 23.2 Å². The summed E-state index contributed by atoms with van der Waals surface area (Å²) in [6.07, 6.45) is 1.49. The summed E-state index contributed by atoms with van der Waals surface area (Å²) in [6, 6.07) is 7.22. The second kappa shape index (κ2) is 5.96. The summed E-state index contributed by atoms with van der Waals surface area (Å²) in [7, 11) is 0. The summed E-state index contributed by atoms with van der Waals surface area (Å²) in [5, 5.41) is 7.64. The SMILES string of the molecule is CCn1ncc(N)c1C(=O)NC(C)c1ccc(Cl)cc1. The van der Waals surface area contributed by atoms with Crippen molar-refractivity contribution in [1.29, 1.82) is 0 Å². The fraction of sp³-hybridized carbons (Fsp3) is 0.286. The Morgan fingerprint density at radius 1 is 1.45 bits per heavy atom. The summed E-state index contributed by atoms with van der Waals surface area (Å²) in [4.78, 5) is 12.3. The molecule has 1 amide bonds. The molecule has 1 heterocycles. The number of hydrogen-bond donors (Lipinski definition) is 2. The number of benzene rings is 1. The number of nitrogens with zero attached hydrogens (tertiary/aromatic N) is 2. The molecule has 106 valence electrons. The molecule has 0 radical (unpaired) electrons. The third kappa shape index (κ3) is 2.93. The second-order valence-electron chi connectivity index (χ2n) is 4.51. The van der Waals surface area contributed by atoms with Crippen molar-refractivity contribution in [2.75, 3.05) is 5.73 Å². The van der Waals surface area contributed by atoms with Crippen molar-refractivity contribution in [3.8, 4) is 0 Å². The van der Waals surface area contributed by atoms with Crippen LogP contribution in [0.1, 0.15) is 35.9 Å². The van der Waals surface area contributed by atoms with Gasteiger partial charge >= 0.3 is 0 Å². The lowest BCUT2D eigenvalue weighted by Gasteiger charge is -2.15. The van der Waals surface area contributed by atoms with E-state index < -0.39 is 0 Å². The van der Waals surface area contributed by atoms with E-state index in [1.54, 1.807) is 16.8 Å². The molecule has 2 rings (SSSR count). The van der Waals surface area contributed by atoms with Crippen molar-refractivity contribution in [2.24, 2.45) is 0 Å². The fourth-order valence-electron chi connectivity index (χ4n) is 1.99. The lowest BCUT2D eigenvalue weighted by Crippen LogP contribution is -2.29. The van der Waals surface area contributed by atoms with Gasteiger partial charge < -0.3 is 11.1 Å². The van der Waals surface area contributed by atoms with Crippen molar-refractivity contribution in [3.05, 3.63) is 46.7 Å². The van der Waals surface area contributed by atoms with Crippen LogP contribution in [0.25, 0.3) is 0 Å². The summed E-state index contributed by atoms with van der Waals surface area (Å²) < 4.78 is 1.58. The van der Waals surface area contributed by atoms with Crippen LogP contribution in [-0.2, 0) is 6.54 Å². The molecule has 0 aliphatic carbocycles. The number of carbonyl (C=O) groups excluding carboxylic acids is 1. The molecule has 0 spiro atoms. The first-order chi connectivity index (χ1) is 9.52. The largest absolute Gasteiger partial charge is 0.396 e. The zero-order chi connectivity index (χ0) is 14.7. The van der Waals surface area contributed by atoms with Crippen LogP contribution in [0.5, 0.6) is 0 Å². The zero-order valence-corrected chi connectivity index (χ0v) is 12.2. The van der Waals surface area contributed by atoms with Gasteiger partial charge in [-0.1, -0.05) is 23.7 Å². The van der Waals surface area contributed by atoms with E-state index in [9.17, 15) is 4.79 Å². The molecule has 0 bridgehead atoms. The molecule has 1 aromatic carbocycles. The van der Waals surface area contributed by atoms with E-state index in [1.165, 1.54) is 6.20 Å². The van der Waals surface area contributed by atoms with Gasteiger partial charge in [0, 0.05) is 11.6 Å². The van der Waals surface area contributed by atoms with E-state index in [2.05, 4.69) is 10.4 Å². The molecular weight excluding hydrogens is 276 g/mol. The van der Waals surface area contributed by atoms with Gasteiger partial charge in [0.05, 0.1) is 17.9 Å². The number of amides is 1. The molecule has 20 heavy (non-hydrogen) atoms. The molecule has 3 N–H and O–H groups in total. The highest BCUT2D eigenvalue weighted by Crippen LogP contribution is 2.18. The van der Waals surface area contributed by atoms with Gasteiger partial charge in [-0.05, 0) is 31.5 Å². The molecule has 0 fully saturated rings. The number of nitrogens with two attached hydrogens (primary N) is 1. The maximum Gasteiger partial charge on any atom is 0.272 e. The number of nitrogen functional groups attached to an aromatic ring is 1. The Morgan fingerprint density at radius 2 is 2.10 bits per heavy atom. The molecule has 1 aromatic heterocycles. The maximum absolute atomic E-state index is 12.3. The van der Waals surface area contributed by atoms with Crippen LogP contribution in [-0.4, -0.2) is 15.7 Å². The third-order valence-corrected chi connectivity index (χ3v) is 3.35. The summed E-state index contributed by atoms with van der Waals surface area (Å²) >= 11 is 5.85. The molecule has 0 saturated heterocycles. The van der Waals surface area contributed by atoms with E-state index in [-0.39, 0.29) is 11.9 Å². The standard InChI is InChI=1S/C14H17ClN4O/c1-3-19-13(12(16)8-17-19)14(20)18-9(2)10-4-6-11(15)7-5-10/h4-9H,3,16H2,1-2H3,(H,18,20). The van der Waals surface area contributed by atoms with Crippen molar-refractivity contribution in [1.82, 2.24) is 15.1 Å². The van der Waals surface area contributed by atoms with Crippen molar-refractivity contribution in [2.45, 2.75) is 26.4 Å². The topological polar surface area (TPSA) is 72.9 Å². The highest BCUT2D eigenvalue weighted by atomic mass is 35.5. The van der Waals surface area contributed by atoms with Gasteiger partial charge in [0.15, 0.2) is 0 Å². The molecule has 0 aliphatic heterocycles. The monoisotopic (exact) mass is 292 g/mol. The van der Waals surface area contributed by atoms with E-state index in [0.717, 1.165) is 5.56 Å². The van der Waals surface area contributed by atoms with Crippen molar-refractivity contribution in [3.63, 3.8) is 0 Å². The Hall–Kier alpha value is -2.01. The van der Waals surface area contributed by atoms with E-state index in [0.29, 0.717) is 22.9 Å². The lowest BCUT2D eigenvalue weighted by atomic mass is 10.1. The number of aromatic nitrogens is 2. The smallest absolute Gasteiger partial charge is 0.272 e. The van der Waals surface area contributed by atoms with Crippen LogP contribution < -0.4 is 11.1 Å². The quantitative estimate of drug-likeness (QED) is 0.910. The number of halogens is 1. The minimum absolute atomic E-state index is 0.139. The third-order valence-electron chi connectivity index (χ3n) is 3.10. The molecule has 1 atom stereocenters. The number of nitrogens with one attached hydrogen (secondary N) is 1. The van der Waals surface area contributed by atoms with Gasteiger partial charge in [-0.15, -0.1) is 0 Å². The molecule has 6 heteroatoms. The van der Waals surface area contributed by atoms with Crippen molar-refractivity contribution < 1.29 is 4.79 Å². The van der Waals surface area contributed by atoms with Gasteiger partial charge in [0.2, 0.25) is 0 Å². The van der Waals surface area contributed by atoms with Crippen LogP contribution in [0.3, 0.4) is 0 Å². The zero-order valence-electron chi connectivity index (χ0n) is 11.4. The first-order valence-electron chi connectivity index (χ1n) is 6.40. The Labute approximate surface area is 122 Å². The highest BCUT2D eigenvalue weighted by molar-refractivity contribution is 6.30. The molecule has 0 aliphatic rings. The fourth-order valence-corrected chi connectivity index (χ4v) is 2.11. The van der Waals surface area contributed by atoms with Gasteiger partial charge in [-0.3, -0.25) is 9.48 Å². The predicted molar refractivity (Wildman–Crippen MR) is 79.6 cm³/mol. The average molecular weight is 293 g/mol. The lowest BCUT2D eigenvalue weighted by molar-refractivity contribution is 0.0930. The van der Waals surface area contributed by atoms with E-state index in [4.69, 9.17) is 17.3 Å². The molecule has 2 aromatic rings. The van der Waals surface area contributed by atoms with Gasteiger partial charge in [-0.25, -0.2) is 0 Å². The number of rotatable bonds is 4. The Morgan fingerprint density at radius 3 is 2.70 bits per heavy atom.